The first-order valence-corrected chi connectivity index (χ1v) is 9.74. The van der Waals surface area contributed by atoms with Crippen molar-refractivity contribution in [3.63, 3.8) is 0 Å². The van der Waals surface area contributed by atoms with Crippen LogP contribution in [0.15, 0.2) is 57.6 Å². The van der Waals surface area contributed by atoms with Crippen LogP contribution in [0.3, 0.4) is 0 Å². The zero-order valence-corrected chi connectivity index (χ0v) is 17.8. The number of benzene rings is 2. The van der Waals surface area contributed by atoms with Gasteiger partial charge in [0.2, 0.25) is 0 Å². The number of hydrogen-bond donors (Lipinski definition) is 1. The minimum Gasteiger partial charge on any atom is -0.434 e. The van der Waals surface area contributed by atoms with E-state index in [1.54, 1.807) is 10.9 Å². The van der Waals surface area contributed by atoms with Crippen molar-refractivity contribution in [2.75, 3.05) is 5.32 Å². The lowest BCUT2D eigenvalue weighted by Crippen LogP contribution is -2.16. The topological polar surface area (TPSA) is 56.2 Å². The van der Waals surface area contributed by atoms with Crippen molar-refractivity contribution in [2.45, 2.75) is 20.1 Å². The van der Waals surface area contributed by atoms with Gasteiger partial charge in [-0.25, -0.2) is 0 Å². The Morgan fingerprint density at radius 2 is 1.93 bits per heavy atom. The molecule has 0 saturated heterocycles. The lowest BCUT2D eigenvalue weighted by molar-refractivity contribution is -0.0501. The molecular weight excluding hydrogens is 500 g/mol. The van der Waals surface area contributed by atoms with Gasteiger partial charge in [-0.3, -0.25) is 9.48 Å². The van der Waals surface area contributed by atoms with Crippen molar-refractivity contribution >= 4 is 43.6 Å². The summed E-state index contributed by atoms with van der Waals surface area (Å²) in [5, 5.41) is 6.96. The molecule has 1 amide bonds. The van der Waals surface area contributed by atoms with Crippen LogP contribution in [0, 0.1) is 6.92 Å². The molecule has 1 heterocycles. The number of carbonyl (C=O) groups is 1. The van der Waals surface area contributed by atoms with E-state index in [0.29, 0.717) is 15.5 Å². The quantitative estimate of drug-likeness (QED) is 0.464. The summed E-state index contributed by atoms with van der Waals surface area (Å²) >= 11 is 6.58. The average Bonchev–Trinajstić information content (AvgIpc) is 2.97. The molecule has 0 radical (unpaired) electrons. The first-order valence-electron chi connectivity index (χ1n) is 8.16. The molecule has 0 spiro atoms. The van der Waals surface area contributed by atoms with E-state index >= 15 is 0 Å². The molecule has 0 bridgehead atoms. The fourth-order valence-electron chi connectivity index (χ4n) is 2.50. The van der Waals surface area contributed by atoms with E-state index < -0.39 is 12.5 Å². The van der Waals surface area contributed by atoms with Gasteiger partial charge >= 0.3 is 6.61 Å². The van der Waals surface area contributed by atoms with E-state index in [2.05, 4.69) is 47.0 Å². The van der Waals surface area contributed by atoms with Gasteiger partial charge in [-0.2, -0.15) is 13.9 Å². The Balaban J connectivity index is 1.78. The molecule has 0 saturated carbocycles. The van der Waals surface area contributed by atoms with Crippen molar-refractivity contribution in [3.05, 3.63) is 74.3 Å². The number of alkyl halides is 2. The Labute approximate surface area is 177 Å². The molecule has 0 unspecified atom stereocenters. The predicted octanol–water partition coefficient (Wildman–Crippen LogP) is 5.62. The molecule has 1 N–H and O–H groups in total. The standard InChI is InChI=1S/C19H15Br2F2N3O2/c1-11-2-4-12(5-3-11)9-26-10-15(21)17(25-26)24-18(27)14-8-13(20)6-7-16(14)28-19(22)23/h2-8,10,19H,9H2,1H3,(H,24,25,27). The van der Waals surface area contributed by atoms with Crippen LogP contribution in [-0.4, -0.2) is 22.3 Å². The second kappa shape index (κ2) is 8.83. The molecule has 9 heteroatoms. The summed E-state index contributed by atoms with van der Waals surface area (Å²) in [6.07, 6.45) is 1.73. The van der Waals surface area contributed by atoms with Crippen molar-refractivity contribution in [1.29, 1.82) is 0 Å². The van der Waals surface area contributed by atoms with Gasteiger partial charge in [0.05, 0.1) is 16.6 Å². The molecule has 0 aliphatic rings. The van der Waals surface area contributed by atoms with Crippen LogP contribution in [0.25, 0.3) is 0 Å². The highest BCUT2D eigenvalue weighted by atomic mass is 79.9. The minimum atomic E-state index is -3.03. The molecular formula is C19H15Br2F2N3O2. The minimum absolute atomic E-state index is 0.0327. The van der Waals surface area contributed by atoms with Crippen molar-refractivity contribution in [1.82, 2.24) is 9.78 Å². The van der Waals surface area contributed by atoms with E-state index in [4.69, 9.17) is 0 Å². The number of ether oxygens (including phenoxy) is 1. The highest BCUT2D eigenvalue weighted by molar-refractivity contribution is 9.10. The second-order valence-electron chi connectivity index (χ2n) is 5.98. The Bertz CT molecular complexity index is 991. The number of nitrogens with zero attached hydrogens (tertiary/aromatic N) is 2. The number of carbonyl (C=O) groups excluding carboxylic acids is 1. The van der Waals surface area contributed by atoms with Crippen molar-refractivity contribution < 1.29 is 18.3 Å². The largest absolute Gasteiger partial charge is 0.434 e. The van der Waals surface area contributed by atoms with Crippen LogP contribution in [0.2, 0.25) is 0 Å². The monoisotopic (exact) mass is 513 g/mol. The van der Waals surface area contributed by atoms with Crippen LogP contribution in [0.5, 0.6) is 5.75 Å². The number of aryl methyl sites for hydroxylation is 1. The number of rotatable bonds is 6. The maximum Gasteiger partial charge on any atom is 0.387 e. The third-order valence-electron chi connectivity index (χ3n) is 3.82. The first-order chi connectivity index (χ1) is 13.3. The van der Waals surface area contributed by atoms with Gasteiger partial charge in [-0.1, -0.05) is 45.8 Å². The zero-order valence-electron chi connectivity index (χ0n) is 14.6. The molecule has 28 heavy (non-hydrogen) atoms. The summed E-state index contributed by atoms with van der Waals surface area (Å²) in [4.78, 5) is 12.6. The molecule has 1 aromatic heterocycles. The van der Waals surface area contributed by atoms with Gasteiger partial charge in [-0.05, 0) is 46.6 Å². The molecule has 0 atom stereocenters. The molecule has 3 aromatic rings. The molecule has 0 aliphatic heterocycles. The van der Waals surface area contributed by atoms with Crippen LogP contribution in [-0.2, 0) is 6.54 Å². The summed E-state index contributed by atoms with van der Waals surface area (Å²) < 4.78 is 32.4. The van der Waals surface area contributed by atoms with E-state index in [0.717, 1.165) is 11.1 Å². The fourth-order valence-corrected chi connectivity index (χ4v) is 3.27. The van der Waals surface area contributed by atoms with Crippen LogP contribution in [0.1, 0.15) is 21.5 Å². The maximum atomic E-state index is 12.6. The molecule has 0 aliphatic carbocycles. The van der Waals surface area contributed by atoms with Gasteiger partial charge in [0, 0.05) is 10.7 Å². The normalized spacial score (nSPS) is 10.9. The second-order valence-corrected chi connectivity index (χ2v) is 7.75. The lowest BCUT2D eigenvalue weighted by Gasteiger charge is -2.11. The van der Waals surface area contributed by atoms with Gasteiger partial charge in [-0.15, -0.1) is 0 Å². The fraction of sp³-hybridized carbons (Fsp3) is 0.158. The summed E-state index contributed by atoms with van der Waals surface area (Å²) in [5.41, 5.74) is 2.18. The number of aromatic nitrogens is 2. The summed E-state index contributed by atoms with van der Waals surface area (Å²) in [7, 11) is 0. The zero-order chi connectivity index (χ0) is 20.3. The van der Waals surface area contributed by atoms with E-state index in [-0.39, 0.29) is 17.1 Å². The first kappa shape index (κ1) is 20.5. The smallest absolute Gasteiger partial charge is 0.387 e. The van der Waals surface area contributed by atoms with E-state index in [9.17, 15) is 13.6 Å². The average molecular weight is 515 g/mol. The lowest BCUT2D eigenvalue weighted by atomic mass is 10.1. The SMILES string of the molecule is Cc1ccc(Cn2cc(Br)c(NC(=O)c3cc(Br)ccc3OC(F)F)n2)cc1. The molecule has 5 nitrogen and oxygen atoms in total. The third kappa shape index (κ3) is 5.17. The number of anilines is 1. The Morgan fingerprint density at radius 3 is 2.61 bits per heavy atom. The van der Waals surface area contributed by atoms with Crippen LogP contribution >= 0.6 is 31.9 Å². The van der Waals surface area contributed by atoms with E-state index in [1.165, 1.54) is 18.2 Å². The molecule has 0 fully saturated rings. The van der Waals surface area contributed by atoms with E-state index in [1.807, 2.05) is 31.2 Å². The summed E-state index contributed by atoms with van der Waals surface area (Å²) in [6.45, 7) is -0.505. The number of nitrogens with one attached hydrogen (secondary N) is 1. The van der Waals surface area contributed by atoms with Gasteiger partial charge < -0.3 is 10.1 Å². The van der Waals surface area contributed by atoms with Crippen LogP contribution in [0.4, 0.5) is 14.6 Å². The molecule has 2 aromatic carbocycles. The van der Waals surface area contributed by atoms with Crippen molar-refractivity contribution in [2.24, 2.45) is 0 Å². The summed E-state index contributed by atoms with van der Waals surface area (Å²) in [5.74, 6) is -0.552. The maximum absolute atomic E-state index is 12.6. The Morgan fingerprint density at radius 1 is 1.21 bits per heavy atom. The van der Waals surface area contributed by atoms with Gasteiger partial charge in [0.15, 0.2) is 5.82 Å². The number of halogens is 4. The van der Waals surface area contributed by atoms with Crippen LogP contribution < -0.4 is 10.1 Å². The summed E-state index contributed by atoms with van der Waals surface area (Å²) in [6, 6.07) is 12.2. The van der Waals surface area contributed by atoms with Crippen molar-refractivity contribution in [3.8, 4) is 5.75 Å². The molecule has 3 rings (SSSR count). The highest BCUT2D eigenvalue weighted by Crippen LogP contribution is 2.27. The Hall–Kier alpha value is -2.26. The van der Waals surface area contributed by atoms with Gasteiger partial charge in [0.25, 0.3) is 5.91 Å². The number of amides is 1. The predicted molar refractivity (Wildman–Crippen MR) is 109 cm³/mol. The third-order valence-corrected chi connectivity index (χ3v) is 4.89. The molecule has 146 valence electrons. The Kier molecular flexibility index (Phi) is 6.46. The highest BCUT2D eigenvalue weighted by Gasteiger charge is 2.19. The van der Waals surface area contributed by atoms with Gasteiger partial charge in [0.1, 0.15) is 5.75 Å². The number of hydrogen-bond acceptors (Lipinski definition) is 3.